The molecule has 0 aliphatic heterocycles. The van der Waals surface area contributed by atoms with Gasteiger partial charge in [-0.05, 0) is 82.0 Å². The molecule has 0 aromatic heterocycles. The van der Waals surface area contributed by atoms with E-state index >= 15 is 0 Å². The number of carbonyl (C=O) groups excluding carboxylic acids is 1. The minimum atomic E-state index is -0.496. The summed E-state index contributed by atoms with van der Waals surface area (Å²) in [6, 6.07) is 20.6. The first kappa shape index (κ1) is 23.6. The van der Waals surface area contributed by atoms with E-state index in [0.29, 0.717) is 33.8 Å². The zero-order valence-corrected chi connectivity index (χ0v) is 20.7. The van der Waals surface area contributed by atoms with Gasteiger partial charge in [-0.2, -0.15) is 5.26 Å². The molecule has 0 spiro atoms. The van der Waals surface area contributed by atoms with Crippen LogP contribution in [0, 0.1) is 18.3 Å². The van der Waals surface area contributed by atoms with Crippen LogP contribution in [0.2, 0.25) is 0 Å². The van der Waals surface area contributed by atoms with Gasteiger partial charge in [-0.15, -0.1) is 0 Å². The Bertz CT molecular complexity index is 1200. The number of aryl methyl sites for hydroxylation is 1. The van der Waals surface area contributed by atoms with Gasteiger partial charge in [0.1, 0.15) is 18.2 Å². The molecule has 0 aliphatic rings. The molecule has 32 heavy (non-hydrogen) atoms. The Kier molecular flexibility index (Phi) is 8.09. The molecule has 0 saturated carbocycles. The SMILES string of the molecule is COc1cc(/C=C(\C#N)C(=O)Nc2ccc(Br)cc2)cc(Br)c1OCc1ccccc1C. The Morgan fingerprint density at radius 2 is 1.84 bits per heavy atom. The van der Waals surface area contributed by atoms with Crippen molar-refractivity contribution in [1.29, 1.82) is 5.26 Å². The Balaban J connectivity index is 1.82. The molecule has 3 aromatic carbocycles. The molecular formula is C25H20Br2N2O3. The van der Waals surface area contributed by atoms with E-state index in [-0.39, 0.29) is 5.57 Å². The van der Waals surface area contributed by atoms with Gasteiger partial charge in [0.25, 0.3) is 5.91 Å². The Morgan fingerprint density at radius 1 is 1.12 bits per heavy atom. The standard InChI is InChI=1S/C25H20Br2N2O3/c1-16-5-3-4-6-18(16)15-32-24-22(27)12-17(13-23(24)31-2)11-19(14-28)25(30)29-21-9-7-20(26)8-10-21/h3-13H,15H2,1-2H3,(H,29,30)/b19-11+. The minimum absolute atomic E-state index is 0.0320. The van der Waals surface area contributed by atoms with Crippen LogP contribution >= 0.6 is 31.9 Å². The first-order chi connectivity index (χ1) is 15.4. The van der Waals surface area contributed by atoms with E-state index in [9.17, 15) is 10.1 Å². The second-order valence-electron chi connectivity index (χ2n) is 6.88. The number of carbonyl (C=O) groups is 1. The lowest BCUT2D eigenvalue weighted by Crippen LogP contribution is -2.13. The number of hydrogen-bond acceptors (Lipinski definition) is 4. The van der Waals surface area contributed by atoms with Gasteiger partial charge in [0.05, 0.1) is 11.6 Å². The summed E-state index contributed by atoms with van der Waals surface area (Å²) in [7, 11) is 1.54. The number of hydrogen-bond donors (Lipinski definition) is 1. The van der Waals surface area contributed by atoms with Crippen LogP contribution in [-0.2, 0) is 11.4 Å². The first-order valence-corrected chi connectivity index (χ1v) is 11.2. The van der Waals surface area contributed by atoms with E-state index in [0.717, 1.165) is 15.6 Å². The second kappa shape index (κ2) is 11.0. The number of nitrogens with one attached hydrogen (secondary N) is 1. The number of halogens is 2. The van der Waals surface area contributed by atoms with Crippen LogP contribution in [-0.4, -0.2) is 13.0 Å². The van der Waals surface area contributed by atoms with Crippen LogP contribution in [0.1, 0.15) is 16.7 Å². The average molecular weight is 556 g/mol. The Hall–Kier alpha value is -3.08. The molecule has 0 bridgehead atoms. The monoisotopic (exact) mass is 554 g/mol. The molecule has 0 saturated heterocycles. The van der Waals surface area contributed by atoms with Crippen LogP contribution < -0.4 is 14.8 Å². The summed E-state index contributed by atoms with van der Waals surface area (Å²) < 4.78 is 13.1. The van der Waals surface area contributed by atoms with Crippen LogP contribution in [0.4, 0.5) is 5.69 Å². The maximum atomic E-state index is 12.5. The number of benzene rings is 3. The molecule has 0 radical (unpaired) electrons. The highest BCUT2D eigenvalue weighted by Gasteiger charge is 2.14. The fraction of sp³-hybridized carbons (Fsp3) is 0.120. The molecule has 1 amide bonds. The van der Waals surface area contributed by atoms with Crippen molar-refractivity contribution >= 4 is 49.5 Å². The maximum absolute atomic E-state index is 12.5. The molecular weight excluding hydrogens is 536 g/mol. The van der Waals surface area contributed by atoms with Gasteiger partial charge in [0.15, 0.2) is 11.5 Å². The predicted molar refractivity (Wildman–Crippen MR) is 133 cm³/mol. The molecule has 0 heterocycles. The molecule has 1 N–H and O–H groups in total. The third-order valence-corrected chi connectivity index (χ3v) is 5.78. The number of amides is 1. The van der Waals surface area contributed by atoms with Crippen LogP contribution in [0.25, 0.3) is 6.08 Å². The van der Waals surface area contributed by atoms with E-state index in [4.69, 9.17) is 9.47 Å². The summed E-state index contributed by atoms with van der Waals surface area (Å²) in [6.07, 6.45) is 1.51. The summed E-state index contributed by atoms with van der Waals surface area (Å²) in [4.78, 5) is 12.5. The third kappa shape index (κ3) is 6.00. The summed E-state index contributed by atoms with van der Waals surface area (Å²) in [5.41, 5.74) is 3.40. The number of ether oxygens (including phenoxy) is 2. The number of anilines is 1. The van der Waals surface area contributed by atoms with Crippen LogP contribution in [0.5, 0.6) is 11.5 Å². The number of nitriles is 1. The second-order valence-corrected chi connectivity index (χ2v) is 8.65. The maximum Gasteiger partial charge on any atom is 0.266 e. The van der Waals surface area contributed by atoms with E-state index in [1.54, 1.807) is 31.4 Å². The minimum Gasteiger partial charge on any atom is -0.493 e. The van der Waals surface area contributed by atoms with Crippen LogP contribution in [0.3, 0.4) is 0 Å². The Labute approximate surface area is 203 Å². The van der Waals surface area contributed by atoms with E-state index < -0.39 is 5.91 Å². The predicted octanol–water partition coefficient (Wildman–Crippen LogP) is 6.65. The fourth-order valence-corrected chi connectivity index (χ4v) is 3.77. The van der Waals surface area contributed by atoms with Crippen molar-refractivity contribution < 1.29 is 14.3 Å². The lowest BCUT2D eigenvalue weighted by molar-refractivity contribution is -0.112. The first-order valence-electron chi connectivity index (χ1n) is 9.65. The van der Waals surface area contributed by atoms with Gasteiger partial charge in [-0.1, -0.05) is 40.2 Å². The zero-order valence-electron chi connectivity index (χ0n) is 17.5. The van der Waals surface area contributed by atoms with Gasteiger partial charge in [0.2, 0.25) is 0 Å². The molecule has 0 aliphatic carbocycles. The van der Waals surface area contributed by atoms with Crippen molar-refractivity contribution in [3.63, 3.8) is 0 Å². The normalized spacial score (nSPS) is 10.9. The van der Waals surface area contributed by atoms with Gasteiger partial charge in [-0.25, -0.2) is 0 Å². The van der Waals surface area contributed by atoms with Gasteiger partial charge >= 0.3 is 0 Å². The van der Waals surface area contributed by atoms with Crippen molar-refractivity contribution in [2.45, 2.75) is 13.5 Å². The smallest absolute Gasteiger partial charge is 0.266 e. The number of rotatable bonds is 7. The van der Waals surface area contributed by atoms with Gasteiger partial charge < -0.3 is 14.8 Å². The molecule has 0 atom stereocenters. The van der Waals surface area contributed by atoms with Crippen molar-refractivity contribution in [2.24, 2.45) is 0 Å². The number of methoxy groups -OCH3 is 1. The highest BCUT2D eigenvalue weighted by Crippen LogP contribution is 2.38. The summed E-state index contributed by atoms with van der Waals surface area (Å²) in [5.74, 6) is 0.542. The third-order valence-electron chi connectivity index (χ3n) is 4.66. The molecule has 0 unspecified atom stereocenters. The van der Waals surface area contributed by atoms with Crippen LogP contribution in [0.15, 0.2) is 75.2 Å². The van der Waals surface area contributed by atoms with Crippen molar-refractivity contribution in [3.8, 4) is 17.6 Å². The molecule has 3 aromatic rings. The lowest BCUT2D eigenvalue weighted by Gasteiger charge is -2.14. The van der Waals surface area contributed by atoms with Gasteiger partial charge in [0, 0.05) is 10.2 Å². The number of nitrogens with zero attached hydrogens (tertiary/aromatic N) is 1. The molecule has 5 nitrogen and oxygen atoms in total. The highest BCUT2D eigenvalue weighted by molar-refractivity contribution is 9.10. The lowest BCUT2D eigenvalue weighted by atomic mass is 10.1. The Morgan fingerprint density at radius 3 is 2.50 bits per heavy atom. The quantitative estimate of drug-likeness (QED) is 0.261. The van der Waals surface area contributed by atoms with Crippen molar-refractivity contribution in [3.05, 3.63) is 91.9 Å². The molecule has 162 valence electrons. The topological polar surface area (TPSA) is 71.3 Å². The summed E-state index contributed by atoms with van der Waals surface area (Å²) in [6.45, 7) is 2.41. The van der Waals surface area contributed by atoms with Gasteiger partial charge in [-0.3, -0.25) is 4.79 Å². The fourth-order valence-electron chi connectivity index (χ4n) is 2.93. The van der Waals surface area contributed by atoms with E-state index in [1.165, 1.54) is 6.08 Å². The van der Waals surface area contributed by atoms with E-state index in [1.807, 2.05) is 49.4 Å². The van der Waals surface area contributed by atoms with E-state index in [2.05, 4.69) is 37.2 Å². The molecule has 0 fully saturated rings. The molecule has 3 rings (SSSR count). The largest absolute Gasteiger partial charge is 0.493 e. The highest BCUT2D eigenvalue weighted by atomic mass is 79.9. The summed E-state index contributed by atoms with van der Waals surface area (Å²) >= 11 is 6.87. The van der Waals surface area contributed by atoms with Crippen molar-refractivity contribution in [2.75, 3.05) is 12.4 Å². The zero-order chi connectivity index (χ0) is 23.1. The average Bonchev–Trinajstić information content (AvgIpc) is 2.78. The summed E-state index contributed by atoms with van der Waals surface area (Å²) in [5, 5.41) is 12.2. The van der Waals surface area contributed by atoms with Crippen molar-refractivity contribution in [1.82, 2.24) is 0 Å². The molecule has 7 heteroatoms.